The van der Waals surface area contributed by atoms with Crippen LogP contribution in [0.4, 0.5) is 5.69 Å². The molecule has 6 heteroatoms. The van der Waals surface area contributed by atoms with Gasteiger partial charge in [-0.3, -0.25) is 4.72 Å². The van der Waals surface area contributed by atoms with Crippen LogP contribution in [0.5, 0.6) is 0 Å². The Hall–Kier alpha value is -3.12. The number of hydrogen-bond acceptors (Lipinski definition) is 3. The summed E-state index contributed by atoms with van der Waals surface area (Å²) in [6.45, 7) is 1.87. The zero-order valence-corrected chi connectivity index (χ0v) is 14.8. The molecule has 0 saturated heterocycles. The van der Waals surface area contributed by atoms with E-state index < -0.39 is 16.0 Å². The number of carboxylic acid groups (broad SMARTS) is 1. The summed E-state index contributed by atoms with van der Waals surface area (Å²) in [7, 11) is -3.85. The fraction of sp³-hybridized carbons (Fsp3) is 0.0500. The Morgan fingerprint density at radius 3 is 2.15 bits per heavy atom. The molecule has 0 unspecified atom stereocenters. The lowest BCUT2D eigenvalue weighted by molar-refractivity contribution is 0.0697. The van der Waals surface area contributed by atoms with Gasteiger partial charge in [-0.15, -0.1) is 0 Å². The van der Waals surface area contributed by atoms with Crippen molar-refractivity contribution in [1.29, 1.82) is 0 Å². The predicted octanol–water partition coefficient (Wildman–Crippen LogP) is 4.16. The summed E-state index contributed by atoms with van der Waals surface area (Å²) in [5, 5.41) is 9.52. The zero-order valence-electron chi connectivity index (χ0n) is 14.0. The van der Waals surface area contributed by atoms with Crippen LogP contribution in [0.25, 0.3) is 11.1 Å². The van der Waals surface area contributed by atoms with Crippen LogP contribution in [0.1, 0.15) is 15.9 Å². The van der Waals surface area contributed by atoms with Crippen molar-refractivity contribution in [2.24, 2.45) is 0 Å². The minimum Gasteiger partial charge on any atom is -0.478 e. The van der Waals surface area contributed by atoms with E-state index in [1.54, 1.807) is 42.5 Å². The van der Waals surface area contributed by atoms with E-state index in [0.29, 0.717) is 11.1 Å². The van der Waals surface area contributed by atoms with Gasteiger partial charge in [-0.1, -0.05) is 54.1 Å². The van der Waals surface area contributed by atoms with E-state index in [1.165, 1.54) is 24.3 Å². The Balaban J connectivity index is 2.12. The maximum Gasteiger partial charge on any atom is 0.336 e. The first-order valence-corrected chi connectivity index (χ1v) is 9.38. The van der Waals surface area contributed by atoms with E-state index >= 15 is 0 Å². The second-order valence-corrected chi connectivity index (χ2v) is 7.50. The van der Waals surface area contributed by atoms with E-state index in [-0.39, 0.29) is 16.1 Å². The van der Waals surface area contributed by atoms with Gasteiger partial charge in [-0.2, -0.15) is 0 Å². The van der Waals surface area contributed by atoms with Crippen molar-refractivity contribution < 1.29 is 18.3 Å². The summed E-state index contributed by atoms with van der Waals surface area (Å²) in [5.74, 6) is -1.12. The van der Waals surface area contributed by atoms with Gasteiger partial charge in [0.05, 0.1) is 16.1 Å². The van der Waals surface area contributed by atoms with Gasteiger partial charge in [0.1, 0.15) is 0 Å². The third-order valence-corrected chi connectivity index (χ3v) is 5.31. The molecule has 0 spiro atoms. The van der Waals surface area contributed by atoms with Crippen molar-refractivity contribution >= 4 is 21.7 Å². The Bertz CT molecular complexity index is 1040. The van der Waals surface area contributed by atoms with Crippen LogP contribution in [-0.4, -0.2) is 19.5 Å². The van der Waals surface area contributed by atoms with Gasteiger partial charge < -0.3 is 5.11 Å². The summed E-state index contributed by atoms with van der Waals surface area (Å²) in [6.07, 6.45) is 0. The topological polar surface area (TPSA) is 83.5 Å². The second-order valence-electron chi connectivity index (χ2n) is 5.82. The van der Waals surface area contributed by atoms with Gasteiger partial charge in [0.2, 0.25) is 0 Å². The van der Waals surface area contributed by atoms with Crippen molar-refractivity contribution in [3.05, 3.63) is 83.9 Å². The van der Waals surface area contributed by atoms with Crippen molar-refractivity contribution in [2.45, 2.75) is 11.8 Å². The number of rotatable bonds is 5. The van der Waals surface area contributed by atoms with Gasteiger partial charge in [0, 0.05) is 5.56 Å². The summed E-state index contributed by atoms with van der Waals surface area (Å²) in [5.41, 5.74) is 2.14. The quantitative estimate of drug-likeness (QED) is 0.709. The molecule has 3 aromatic rings. The molecule has 0 fully saturated rings. The fourth-order valence-corrected chi connectivity index (χ4v) is 3.72. The SMILES string of the molecule is Cc1ccc(S(=O)(=O)Nc2cccc(C(=O)O)c2-c2ccccc2)cc1. The summed E-state index contributed by atoms with van der Waals surface area (Å²) in [6, 6.07) is 19.8. The minimum atomic E-state index is -3.85. The fourth-order valence-electron chi connectivity index (χ4n) is 2.65. The number of aryl methyl sites for hydroxylation is 1. The third kappa shape index (κ3) is 3.60. The third-order valence-electron chi connectivity index (χ3n) is 3.93. The molecule has 0 aliphatic carbocycles. The van der Waals surface area contributed by atoms with Gasteiger partial charge in [-0.25, -0.2) is 13.2 Å². The molecule has 0 aliphatic heterocycles. The molecule has 0 bridgehead atoms. The van der Waals surface area contributed by atoms with Crippen LogP contribution in [0.3, 0.4) is 0 Å². The van der Waals surface area contributed by atoms with Crippen LogP contribution in [0, 0.1) is 6.92 Å². The molecule has 26 heavy (non-hydrogen) atoms. The smallest absolute Gasteiger partial charge is 0.336 e. The molecule has 3 aromatic carbocycles. The first-order chi connectivity index (χ1) is 12.4. The maximum atomic E-state index is 12.7. The number of hydrogen-bond donors (Lipinski definition) is 2. The van der Waals surface area contributed by atoms with Crippen molar-refractivity contribution in [3.63, 3.8) is 0 Å². The lowest BCUT2D eigenvalue weighted by Crippen LogP contribution is -2.14. The molecule has 0 heterocycles. The first-order valence-electron chi connectivity index (χ1n) is 7.90. The van der Waals surface area contributed by atoms with Crippen LogP contribution in [0.2, 0.25) is 0 Å². The van der Waals surface area contributed by atoms with E-state index in [0.717, 1.165) is 5.56 Å². The van der Waals surface area contributed by atoms with Crippen LogP contribution in [-0.2, 0) is 10.0 Å². The normalized spacial score (nSPS) is 11.1. The minimum absolute atomic E-state index is 0.0281. The summed E-state index contributed by atoms with van der Waals surface area (Å²) >= 11 is 0. The molecule has 0 saturated carbocycles. The van der Waals surface area contributed by atoms with Crippen LogP contribution < -0.4 is 4.72 Å². The number of anilines is 1. The number of carbonyl (C=O) groups is 1. The lowest BCUT2D eigenvalue weighted by atomic mass is 9.98. The van der Waals surface area contributed by atoms with Gasteiger partial charge in [-0.05, 0) is 36.8 Å². The molecule has 0 atom stereocenters. The van der Waals surface area contributed by atoms with Gasteiger partial charge in [0.25, 0.3) is 10.0 Å². The standard InChI is InChI=1S/C20H17NO4S/c1-14-10-12-16(13-11-14)26(24,25)21-18-9-5-8-17(20(22)23)19(18)15-6-3-2-4-7-15/h2-13,21H,1H3,(H,22,23). The van der Waals surface area contributed by atoms with Crippen molar-refractivity contribution in [1.82, 2.24) is 0 Å². The number of aromatic carboxylic acids is 1. The number of carboxylic acids is 1. The average Bonchev–Trinajstić information content (AvgIpc) is 2.62. The highest BCUT2D eigenvalue weighted by atomic mass is 32.2. The Labute approximate surface area is 152 Å². The molecular weight excluding hydrogens is 350 g/mol. The van der Waals surface area contributed by atoms with E-state index in [1.807, 2.05) is 13.0 Å². The zero-order chi connectivity index (χ0) is 18.7. The highest BCUT2D eigenvalue weighted by Gasteiger charge is 2.20. The highest BCUT2D eigenvalue weighted by Crippen LogP contribution is 2.33. The Morgan fingerprint density at radius 2 is 1.54 bits per heavy atom. The molecule has 5 nitrogen and oxygen atoms in total. The van der Waals surface area contributed by atoms with Crippen LogP contribution >= 0.6 is 0 Å². The average molecular weight is 367 g/mol. The predicted molar refractivity (Wildman–Crippen MR) is 101 cm³/mol. The lowest BCUT2D eigenvalue weighted by Gasteiger charge is -2.15. The molecule has 2 N–H and O–H groups in total. The molecule has 0 amide bonds. The molecule has 3 rings (SSSR count). The molecule has 0 radical (unpaired) electrons. The monoisotopic (exact) mass is 367 g/mol. The molecule has 0 aliphatic rings. The molecule has 132 valence electrons. The largest absolute Gasteiger partial charge is 0.478 e. The summed E-state index contributed by atoms with van der Waals surface area (Å²) in [4.78, 5) is 11.8. The van der Waals surface area contributed by atoms with Crippen molar-refractivity contribution in [2.75, 3.05) is 4.72 Å². The van der Waals surface area contributed by atoms with E-state index in [9.17, 15) is 18.3 Å². The maximum absolute atomic E-state index is 12.7. The second kappa shape index (κ2) is 7.01. The Morgan fingerprint density at radius 1 is 0.885 bits per heavy atom. The number of benzene rings is 3. The highest BCUT2D eigenvalue weighted by molar-refractivity contribution is 7.92. The van der Waals surface area contributed by atoms with E-state index in [2.05, 4.69) is 4.72 Å². The number of sulfonamides is 1. The number of nitrogens with one attached hydrogen (secondary N) is 1. The molecular formula is C20H17NO4S. The molecule has 0 aromatic heterocycles. The Kier molecular flexibility index (Phi) is 4.77. The first kappa shape index (κ1) is 17.7. The van der Waals surface area contributed by atoms with Gasteiger partial charge in [0.15, 0.2) is 0 Å². The van der Waals surface area contributed by atoms with Gasteiger partial charge >= 0.3 is 5.97 Å². The van der Waals surface area contributed by atoms with Crippen molar-refractivity contribution in [3.8, 4) is 11.1 Å². The summed E-state index contributed by atoms with van der Waals surface area (Å²) < 4.78 is 28.0. The van der Waals surface area contributed by atoms with Crippen LogP contribution in [0.15, 0.2) is 77.7 Å². The van der Waals surface area contributed by atoms with E-state index in [4.69, 9.17) is 0 Å².